The number of para-hydroxylation sites is 1. The van der Waals surface area contributed by atoms with Crippen molar-refractivity contribution >= 4 is 21.1 Å². The van der Waals surface area contributed by atoms with Crippen LogP contribution in [0.3, 0.4) is 0 Å². The van der Waals surface area contributed by atoms with Gasteiger partial charge < -0.3 is 4.74 Å². The Morgan fingerprint density at radius 1 is 1.06 bits per heavy atom. The van der Waals surface area contributed by atoms with Gasteiger partial charge in [0.1, 0.15) is 0 Å². The van der Waals surface area contributed by atoms with Crippen LogP contribution in [0, 0.1) is 5.82 Å². The number of aromatic amines is 1. The van der Waals surface area contributed by atoms with Gasteiger partial charge in [0, 0.05) is 35.8 Å². The maximum Gasteiger partial charge on any atom is 0.243 e. The molecule has 1 aliphatic rings. The second-order valence-electron chi connectivity index (χ2n) is 7.65. The average molecular weight is 453 g/mol. The van der Waals surface area contributed by atoms with Gasteiger partial charge in [0.25, 0.3) is 0 Å². The van der Waals surface area contributed by atoms with E-state index in [0.717, 1.165) is 24.0 Å². The van der Waals surface area contributed by atoms with E-state index in [-0.39, 0.29) is 10.6 Å². The van der Waals surface area contributed by atoms with E-state index in [2.05, 4.69) is 15.2 Å². The molecule has 0 radical (unpaired) electrons. The van der Waals surface area contributed by atoms with Gasteiger partial charge in [0.05, 0.1) is 17.7 Å². The lowest BCUT2D eigenvalue weighted by molar-refractivity contribution is 0.388. The minimum atomic E-state index is -3.53. The third-order valence-electron chi connectivity index (χ3n) is 5.72. The Bertz CT molecular complexity index is 1410. The summed E-state index contributed by atoms with van der Waals surface area (Å²) in [6, 6.07) is 13.4. The third kappa shape index (κ3) is 3.43. The molecule has 3 heterocycles. The Labute approximate surface area is 184 Å². The molecule has 2 aromatic carbocycles. The Hall–Kier alpha value is -3.30. The molecular weight excluding hydrogens is 431 g/mol. The smallest absolute Gasteiger partial charge is 0.243 e. The van der Waals surface area contributed by atoms with Crippen molar-refractivity contribution in [2.45, 2.75) is 17.7 Å². The quantitative estimate of drug-likeness (QED) is 0.490. The summed E-state index contributed by atoms with van der Waals surface area (Å²) in [6.45, 7) is 1.10. The molecule has 32 heavy (non-hydrogen) atoms. The molecule has 164 valence electrons. The number of halogens is 1. The molecule has 0 spiro atoms. The Balaban J connectivity index is 1.60. The molecule has 4 aromatic rings. The first kappa shape index (κ1) is 20.6. The zero-order valence-corrected chi connectivity index (χ0v) is 18.2. The predicted octanol–water partition coefficient (Wildman–Crippen LogP) is 4.22. The summed E-state index contributed by atoms with van der Waals surface area (Å²) < 4.78 is 47.0. The standard InChI is InChI=1S/C23H21FN4O3S/c1-31-22-18(8-5-9-20(22)24)21-19-13-16(14-25-23(19)27-26-21)15-6-4-7-17(12-15)32(29,30)28-10-2-3-11-28/h4-9,12-14H,2-3,10-11H2,1H3,(H,25,26,27). The second-order valence-corrected chi connectivity index (χ2v) is 9.59. The lowest BCUT2D eigenvalue weighted by atomic mass is 10.0. The van der Waals surface area contributed by atoms with Crippen molar-refractivity contribution in [1.82, 2.24) is 19.5 Å². The minimum absolute atomic E-state index is 0.113. The van der Waals surface area contributed by atoms with E-state index in [1.807, 2.05) is 12.1 Å². The number of benzene rings is 2. The predicted molar refractivity (Wildman–Crippen MR) is 119 cm³/mol. The molecular formula is C23H21FN4O3S. The summed E-state index contributed by atoms with van der Waals surface area (Å²) in [4.78, 5) is 4.67. The number of hydrogen-bond acceptors (Lipinski definition) is 5. The van der Waals surface area contributed by atoms with E-state index in [9.17, 15) is 12.8 Å². The van der Waals surface area contributed by atoms with Gasteiger partial charge in [-0.3, -0.25) is 5.10 Å². The topological polar surface area (TPSA) is 88.2 Å². The fourth-order valence-corrected chi connectivity index (χ4v) is 5.65. The van der Waals surface area contributed by atoms with E-state index in [1.165, 1.54) is 17.5 Å². The van der Waals surface area contributed by atoms with Crippen molar-refractivity contribution in [1.29, 1.82) is 0 Å². The van der Waals surface area contributed by atoms with Crippen molar-refractivity contribution in [3.05, 3.63) is 60.5 Å². The monoisotopic (exact) mass is 452 g/mol. The minimum Gasteiger partial charge on any atom is -0.493 e. The van der Waals surface area contributed by atoms with Crippen LogP contribution in [0.4, 0.5) is 4.39 Å². The first-order valence-corrected chi connectivity index (χ1v) is 11.7. The third-order valence-corrected chi connectivity index (χ3v) is 7.61. The first-order chi connectivity index (χ1) is 15.5. The highest BCUT2D eigenvalue weighted by molar-refractivity contribution is 7.89. The summed E-state index contributed by atoms with van der Waals surface area (Å²) in [5.41, 5.74) is 3.02. The molecule has 0 amide bonds. The van der Waals surface area contributed by atoms with Crippen LogP contribution in [0.25, 0.3) is 33.4 Å². The molecule has 7 nitrogen and oxygen atoms in total. The average Bonchev–Trinajstić information content (AvgIpc) is 3.49. The van der Waals surface area contributed by atoms with Gasteiger partial charge in [-0.1, -0.05) is 18.2 Å². The summed E-state index contributed by atoms with van der Waals surface area (Å²) in [5, 5.41) is 7.83. The number of methoxy groups -OCH3 is 1. The number of hydrogen-bond donors (Lipinski definition) is 1. The van der Waals surface area contributed by atoms with Crippen molar-refractivity contribution in [3.8, 4) is 28.1 Å². The molecule has 5 rings (SSSR count). The molecule has 1 aliphatic heterocycles. The molecule has 0 atom stereocenters. The van der Waals surface area contributed by atoms with E-state index in [1.54, 1.807) is 36.5 Å². The highest BCUT2D eigenvalue weighted by Gasteiger charge is 2.27. The van der Waals surface area contributed by atoms with Crippen LogP contribution in [0.5, 0.6) is 5.75 Å². The Morgan fingerprint density at radius 2 is 1.84 bits per heavy atom. The number of sulfonamides is 1. The number of rotatable bonds is 5. The number of aromatic nitrogens is 3. The SMILES string of the molecule is COc1c(F)cccc1-c1[nH]nc2ncc(-c3cccc(S(=O)(=O)N4CCCC4)c3)cc12. The Morgan fingerprint density at radius 3 is 2.62 bits per heavy atom. The van der Waals surface area contributed by atoms with Crippen molar-refractivity contribution in [2.75, 3.05) is 20.2 Å². The molecule has 2 aromatic heterocycles. The van der Waals surface area contributed by atoms with Crippen molar-refractivity contribution < 1.29 is 17.5 Å². The van der Waals surface area contributed by atoms with Crippen molar-refractivity contribution in [2.24, 2.45) is 0 Å². The number of nitrogens with zero attached hydrogens (tertiary/aromatic N) is 3. The summed E-state index contributed by atoms with van der Waals surface area (Å²) >= 11 is 0. The van der Waals surface area contributed by atoms with Gasteiger partial charge >= 0.3 is 0 Å². The molecule has 0 aliphatic carbocycles. The molecule has 1 fully saturated rings. The highest BCUT2D eigenvalue weighted by atomic mass is 32.2. The molecule has 0 saturated carbocycles. The molecule has 9 heteroatoms. The molecule has 0 unspecified atom stereocenters. The largest absolute Gasteiger partial charge is 0.493 e. The van der Waals surface area contributed by atoms with Crippen molar-refractivity contribution in [3.63, 3.8) is 0 Å². The molecule has 1 N–H and O–H groups in total. The van der Waals surface area contributed by atoms with Crippen LogP contribution in [-0.2, 0) is 10.0 Å². The van der Waals surface area contributed by atoms with Gasteiger partial charge in [-0.05, 0) is 48.7 Å². The van der Waals surface area contributed by atoms with Gasteiger partial charge in [-0.15, -0.1) is 0 Å². The lowest BCUT2D eigenvalue weighted by Gasteiger charge is -2.16. The van der Waals surface area contributed by atoms with Crippen LogP contribution in [-0.4, -0.2) is 48.1 Å². The normalized spacial score (nSPS) is 14.8. The number of fused-ring (bicyclic) bond motifs is 1. The second kappa shape index (κ2) is 7.99. The van der Waals surface area contributed by atoms with E-state index >= 15 is 0 Å². The zero-order chi connectivity index (χ0) is 22.3. The number of nitrogens with one attached hydrogen (secondary N) is 1. The van der Waals surface area contributed by atoms with E-state index in [4.69, 9.17) is 4.74 Å². The zero-order valence-electron chi connectivity index (χ0n) is 17.4. The highest BCUT2D eigenvalue weighted by Crippen LogP contribution is 2.36. The van der Waals surface area contributed by atoms with Gasteiger partial charge in [0.15, 0.2) is 17.2 Å². The number of pyridine rings is 1. The van der Waals surface area contributed by atoms with E-state index in [0.29, 0.717) is 35.4 Å². The van der Waals surface area contributed by atoms with Crippen LogP contribution in [0.1, 0.15) is 12.8 Å². The first-order valence-electron chi connectivity index (χ1n) is 10.3. The van der Waals surface area contributed by atoms with Gasteiger partial charge in [0.2, 0.25) is 10.0 Å². The van der Waals surface area contributed by atoms with E-state index < -0.39 is 15.8 Å². The lowest BCUT2D eigenvalue weighted by Crippen LogP contribution is -2.27. The maximum absolute atomic E-state index is 14.2. The van der Waals surface area contributed by atoms with Gasteiger partial charge in [-0.25, -0.2) is 17.8 Å². The van der Waals surface area contributed by atoms with Gasteiger partial charge in [-0.2, -0.15) is 9.40 Å². The van der Waals surface area contributed by atoms with Crippen LogP contribution >= 0.6 is 0 Å². The Kier molecular flexibility index (Phi) is 5.15. The summed E-state index contributed by atoms with van der Waals surface area (Å²) in [6.07, 6.45) is 3.41. The summed E-state index contributed by atoms with van der Waals surface area (Å²) in [5.74, 6) is -0.362. The maximum atomic E-state index is 14.2. The fourth-order valence-electron chi connectivity index (χ4n) is 4.09. The van der Waals surface area contributed by atoms with Crippen LogP contribution in [0.2, 0.25) is 0 Å². The van der Waals surface area contributed by atoms with Crippen LogP contribution < -0.4 is 4.74 Å². The number of ether oxygens (including phenoxy) is 1. The van der Waals surface area contributed by atoms with Crippen LogP contribution in [0.15, 0.2) is 59.6 Å². The fraction of sp³-hybridized carbons (Fsp3) is 0.217. The number of H-pyrrole nitrogens is 1. The summed E-state index contributed by atoms with van der Waals surface area (Å²) in [7, 11) is -2.12. The molecule has 0 bridgehead atoms. The molecule has 1 saturated heterocycles.